The molecule has 1 saturated heterocycles. The molecule has 2 amide bonds. The summed E-state index contributed by atoms with van der Waals surface area (Å²) >= 11 is 0. The number of hydrogen-bond acceptors (Lipinski definition) is 5. The number of para-hydroxylation sites is 1. The van der Waals surface area contributed by atoms with Crippen LogP contribution in [0.25, 0.3) is 0 Å². The Kier molecular flexibility index (Phi) is 5.08. The van der Waals surface area contributed by atoms with E-state index < -0.39 is 29.3 Å². The Hall–Kier alpha value is -3.95. The van der Waals surface area contributed by atoms with Crippen molar-refractivity contribution >= 4 is 17.5 Å². The van der Waals surface area contributed by atoms with Gasteiger partial charge in [0, 0.05) is 29.7 Å². The Bertz CT molecular complexity index is 1340. The minimum absolute atomic E-state index is 0.0618. The predicted molar refractivity (Wildman–Crippen MR) is 120 cm³/mol. The molecule has 2 aliphatic rings. The molecule has 35 heavy (non-hydrogen) atoms. The number of nitrogens with zero attached hydrogens (tertiary/aromatic N) is 4. The van der Waals surface area contributed by atoms with Gasteiger partial charge >= 0.3 is 12.2 Å². The van der Waals surface area contributed by atoms with Crippen LogP contribution in [0.3, 0.4) is 0 Å². The molecule has 0 spiro atoms. The van der Waals surface area contributed by atoms with Gasteiger partial charge in [-0.15, -0.1) is 0 Å². The van der Waals surface area contributed by atoms with Gasteiger partial charge in [-0.1, -0.05) is 30.3 Å². The zero-order chi connectivity index (χ0) is 25.1. The quantitative estimate of drug-likeness (QED) is 0.533. The number of β-lactam (4-membered cyclic amide) rings is 1. The maximum atomic E-state index is 13.7. The molecule has 7 nitrogen and oxygen atoms in total. The minimum atomic E-state index is -4.60. The van der Waals surface area contributed by atoms with Gasteiger partial charge < -0.3 is 14.5 Å². The molecule has 2 atom stereocenters. The summed E-state index contributed by atoms with van der Waals surface area (Å²) < 4.78 is 47.1. The highest BCUT2D eigenvalue weighted by atomic mass is 19.4. The van der Waals surface area contributed by atoms with E-state index in [4.69, 9.17) is 4.74 Å². The standard InChI is InChI=1S/C25H21F3N4O3/c1-14-11-15(2)30-23(29-14)35-21-22(34)32-13-20(33)31(3)19-10-5-4-9-18(19)24(21,32)16-7-6-8-17(12-16)25(26,27)28/h4-12,21H,13H2,1-3H3/t21-,24+/m1/s1. The average molecular weight is 482 g/mol. The maximum Gasteiger partial charge on any atom is 0.416 e. The third-order valence-corrected chi connectivity index (χ3v) is 6.45. The molecule has 0 unspecified atom stereocenters. The smallest absolute Gasteiger partial charge is 0.416 e. The fourth-order valence-corrected chi connectivity index (χ4v) is 4.91. The second kappa shape index (κ2) is 7.79. The highest BCUT2D eigenvalue weighted by Crippen LogP contribution is 2.53. The molecule has 3 heterocycles. The molecule has 3 aromatic rings. The van der Waals surface area contributed by atoms with Gasteiger partial charge in [0.15, 0.2) is 0 Å². The van der Waals surface area contributed by atoms with Gasteiger partial charge in [0.05, 0.1) is 5.56 Å². The van der Waals surface area contributed by atoms with Crippen LogP contribution in [0.4, 0.5) is 18.9 Å². The summed E-state index contributed by atoms with van der Waals surface area (Å²) in [5.74, 6) is -0.913. The fraction of sp³-hybridized carbons (Fsp3) is 0.280. The van der Waals surface area contributed by atoms with Gasteiger partial charge in [-0.3, -0.25) is 9.59 Å². The normalized spacial score (nSPS) is 21.7. The van der Waals surface area contributed by atoms with Crippen LogP contribution in [0.5, 0.6) is 6.01 Å². The van der Waals surface area contributed by atoms with E-state index in [-0.39, 0.29) is 24.0 Å². The number of carbonyl (C=O) groups is 2. The van der Waals surface area contributed by atoms with Crippen molar-refractivity contribution in [3.63, 3.8) is 0 Å². The summed E-state index contributed by atoms with van der Waals surface area (Å²) in [5, 5.41) is 0. The minimum Gasteiger partial charge on any atom is -0.447 e. The van der Waals surface area contributed by atoms with Crippen LogP contribution < -0.4 is 9.64 Å². The van der Waals surface area contributed by atoms with Crippen molar-refractivity contribution in [2.45, 2.75) is 31.7 Å². The van der Waals surface area contributed by atoms with Crippen molar-refractivity contribution in [3.05, 3.63) is 82.7 Å². The van der Waals surface area contributed by atoms with Gasteiger partial charge in [-0.05, 0) is 43.7 Å². The van der Waals surface area contributed by atoms with E-state index in [0.717, 1.165) is 12.1 Å². The van der Waals surface area contributed by atoms with Crippen LogP contribution in [0.15, 0.2) is 54.6 Å². The second-order valence-corrected chi connectivity index (χ2v) is 8.67. The lowest BCUT2D eigenvalue weighted by atomic mass is 9.69. The highest BCUT2D eigenvalue weighted by molar-refractivity contribution is 6.04. The number of alkyl halides is 3. The molecule has 0 N–H and O–H groups in total. The third-order valence-electron chi connectivity index (χ3n) is 6.45. The summed E-state index contributed by atoms with van der Waals surface area (Å²) in [6, 6.07) is 13.3. The molecule has 10 heteroatoms. The van der Waals surface area contributed by atoms with Crippen molar-refractivity contribution in [2.24, 2.45) is 0 Å². The van der Waals surface area contributed by atoms with E-state index in [0.29, 0.717) is 22.6 Å². The number of ether oxygens (including phenoxy) is 1. The number of halogens is 3. The summed E-state index contributed by atoms with van der Waals surface area (Å²) in [5.41, 5.74) is -0.0261. The van der Waals surface area contributed by atoms with Crippen LogP contribution in [0.1, 0.15) is 28.1 Å². The summed E-state index contributed by atoms with van der Waals surface area (Å²) in [7, 11) is 1.57. The van der Waals surface area contributed by atoms with Gasteiger partial charge in [0.2, 0.25) is 12.0 Å². The van der Waals surface area contributed by atoms with E-state index >= 15 is 0 Å². The Morgan fingerprint density at radius 2 is 1.69 bits per heavy atom. The monoisotopic (exact) mass is 482 g/mol. The molecule has 0 saturated carbocycles. The van der Waals surface area contributed by atoms with Crippen LogP contribution in [0.2, 0.25) is 0 Å². The zero-order valence-electron chi connectivity index (χ0n) is 19.1. The Morgan fingerprint density at radius 3 is 2.37 bits per heavy atom. The molecule has 180 valence electrons. The van der Waals surface area contributed by atoms with Gasteiger partial charge in [0.1, 0.15) is 12.1 Å². The molecular weight excluding hydrogens is 461 g/mol. The maximum absolute atomic E-state index is 13.7. The van der Waals surface area contributed by atoms with Crippen molar-refractivity contribution in [2.75, 3.05) is 18.5 Å². The summed E-state index contributed by atoms with van der Waals surface area (Å²) in [6.45, 7) is 3.16. The van der Waals surface area contributed by atoms with E-state index in [1.165, 1.54) is 21.9 Å². The number of anilines is 1. The molecule has 5 rings (SSSR count). The van der Waals surface area contributed by atoms with Crippen LogP contribution >= 0.6 is 0 Å². The van der Waals surface area contributed by atoms with Crippen LogP contribution in [-0.4, -0.2) is 46.4 Å². The molecule has 0 aliphatic carbocycles. The number of hydrogen-bond donors (Lipinski definition) is 0. The third kappa shape index (κ3) is 3.43. The number of carbonyl (C=O) groups excluding carboxylic acids is 2. The lowest BCUT2D eigenvalue weighted by Gasteiger charge is -2.55. The number of benzene rings is 2. The largest absolute Gasteiger partial charge is 0.447 e. The van der Waals surface area contributed by atoms with E-state index in [9.17, 15) is 22.8 Å². The Morgan fingerprint density at radius 1 is 1.00 bits per heavy atom. The first-order valence-electron chi connectivity index (χ1n) is 10.9. The summed E-state index contributed by atoms with van der Waals surface area (Å²) in [6.07, 6.45) is -5.89. The second-order valence-electron chi connectivity index (χ2n) is 8.67. The SMILES string of the molecule is Cc1cc(C)nc(O[C@@H]2C(=O)N3CC(=O)N(C)c4ccccc4[C@@]23c2cccc(C(F)(F)F)c2)n1. The van der Waals surface area contributed by atoms with E-state index in [1.54, 1.807) is 51.2 Å². The Labute approximate surface area is 199 Å². The van der Waals surface area contributed by atoms with Crippen LogP contribution in [-0.2, 0) is 21.3 Å². The van der Waals surface area contributed by atoms with E-state index in [2.05, 4.69) is 9.97 Å². The van der Waals surface area contributed by atoms with Crippen LogP contribution in [0, 0.1) is 13.8 Å². The lowest BCUT2D eigenvalue weighted by molar-refractivity contribution is -0.178. The highest BCUT2D eigenvalue weighted by Gasteiger charge is 2.67. The first-order chi connectivity index (χ1) is 16.5. The fourth-order valence-electron chi connectivity index (χ4n) is 4.91. The van der Waals surface area contributed by atoms with Gasteiger partial charge in [0.25, 0.3) is 5.91 Å². The number of aromatic nitrogens is 2. The molecule has 2 aliphatic heterocycles. The van der Waals surface area contributed by atoms with Crippen molar-refractivity contribution in [1.29, 1.82) is 0 Å². The van der Waals surface area contributed by atoms with Gasteiger partial charge in [-0.2, -0.15) is 13.2 Å². The number of fused-ring (bicyclic) bond motifs is 3. The van der Waals surface area contributed by atoms with Gasteiger partial charge in [-0.25, -0.2) is 9.97 Å². The number of amides is 2. The Balaban J connectivity index is 1.77. The predicted octanol–water partition coefficient (Wildman–Crippen LogP) is 3.62. The first kappa shape index (κ1) is 22.8. The molecule has 2 aromatic carbocycles. The number of likely N-dealkylation sites (N-methyl/N-ethyl adjacent to an activating group) is 1. The first-order valence-corrected chi connectivity index (χ1v) is 10.9. The molecule has 1 aromatic heterocycles. The average Bonchev–Trinajstić information content (AvgIpc) is 2.89. The lowest BCUT2D eigenvalue weighted by Crippen LogP contribution is -2.74. The molecular formula is C25H21F3N4O3. The topological polar surface area (TPSA) is 75.6 Å². The number of rotatable bonds is 3. The van der Waals surface area contributed by atoms with E-state index in [1.807, 2.05) is 0 Å². The molecule has 0 bridgehead atoms. The molecule has 1 fully saturated rings. The summed E-state index contributed by atoms with van der Waals surface area (Å²) in [4.78, 5) is 37.5. The van der Waals surface area contributed by atoms with Crippen molar-refractivity contribution in [1.82, 2.24) is 14.9 Å². The molecule has 0 radical (unpaired) electrons. The number of aryl methyl sites for hydroxylation is 2. The zero-order valence-corrected chi connectivity index (χ0v) is 19.1. The van der Waals surface area contributed by atoms with Crippen molar-refractivity contribution in [3.8, 4) is 6.01 Å². The van der Waals surface area contributed by atoms with Crippen molar-refractivity contribution < 1.29 is 27.5 Å².